The van der Waals surface area contributed by atoms with Crippen molar-refractivity contribution in [2.75, 3.05) is 11.1 Å². The van der Waals surface area contributed by atoms with Crippen molar-refractivity contribution in [3.63, 3.8) is 0 Å². The first kappa shape index (κ1) is 25.5. The van der Waals surface area contributed by atoms with Crippen LogP contribution in [0.4, 0.5) is 5.69 Å². The highest BCUT2D eigenvalue weighted by atomic mass is 35.5. The molecule has 3 aromatic rings. The molecule has 1 aromatic heterocycles. The molecule has 3 rings (SSSR count). The average Bonchev–Trinajstić information content (AvgIpc) is 3.18. The second kappa shape index (κ2) is 11.9. The van der Waals surface area contributed by atoms with Gasteiger partial charge in [-0.2, -0.15) is 0 Å². The van der Waals surface area contributed by atoms with Crippen molar-refractivity contribution >= 4 is 40.9 Å². The van der Waals surface area contributed by atoms with Crippen LogP contribution in [-0.4, -0.2) is 32.3 Å². The maximum atomic E-state index is 12.9. The number of thioether (sulfide) groups is 1. The van der Waals surface area contributed by atoms with E-state index in [1.807, 2.05) is 37.5 Å². The Morgan fingerprint density at radius 1 is 1.18 bits per heavy atom. The predicted octanol–water partition coefficient (Wildman–Crippen LogP) is 5.28. The van der Waals surface area contributed by atoms with E-state index in [0.29, 0.717) is 33.8 Å². The van der Waals surface area contributed by atoms with E-state index in [1.54, 1.807) is 42.5 Å². The molecule has 178 valence electrons. The third-order valence-corrected chi connectivity index (χ3v) is 6.24. The minimum atomic E-state index is -0.365. The normalized spacial score (nSPS) is 11.8. The average molecular weight is 498 g/mol. The van der Waals surface area contributed by atoms with Crippen LogP contribution in [0.25, 0.3) is 0 Å². The SMILES string of the molecule is C=CCn1c(SCC(=O)Nc2cccc(Cl)c2)nnc1[C@@H](NC(=O)c1ccc(C)cc1)C(C)C. The number of rotatable bonds is 10. The van der Waals surface area contributed by atoms with Gasteiger partial charge in [0.2, 0.25) is 5.91 Å². The Balaban J connectivity index is 1.74. The summed E-state index contributed by atoms with van der Waals surface area (Å²) in [5.74, 6) is 0.459. The molecule has 34 heavy (non-hydrogen) atoms. The van der Waals surface area contributed by atoms with Crippen molar-refractivity contribution < 1.29 is 9.59 Å². The smallest absolute Gasteiger partial charge is 0.251 e. The molecule has 9 heteroatoms. The van der Waals surface area contributed by atoms with Crippen LogP contribution in [0.5, 0.6) is 0 Å². The van der Waals surface area contributed by atoms with Crippen molar-refractivity contribution in [1.82, 2.24) is 20.1 Å². The Morgan fingerprint density at radius 3 is 2.56 bits per heavy atom. The number of benzene rings is 2. The molecular weight excluding hydrogens is 470 g/mol. The van der Waals surface area contributed by atoms with Crippen LogP contribution in [0, 0.1) is 12.8 Å². The Kier molecular flexibility index (Phi) is 8.90. The lowest BCUT2D eigenvalue weighted by Crippen LogP contribution is -2.33. The second-order valence-corrected chi connectivity index (χ2v) is 9.53. The first-order valence-corrected chi connectivity index (χ1v) is 12.2. The van der Waals surface area contributed by atoms with Crippen molar-refractivity contribution in [3.05, 3.63) is 83.2 Å². The first-order valence-electron chi connectivity index (χ1n) is 10.9. The van der Waals surface area contributed by atoms with Gasteiger partial charge < -0.3 is 15.2 Å². The van der Waals surface area contributed by atoms with Gasteiger partial charge in [0.25, 0.3) is 5.91 Å². The zero-order valence-electron chi connectivity index (χ0n) is 19.4. The molecule has 1 atom stereocenters. The van der Waals surface area contributed by atoms with E-state index in [0.717, 1.165) is 5.56 Å². The number of hydrogen-bond donors (Lipinski definition) is 2. The van der Waals surface area contributed by atoms with Gasteiger partial charge in [0.05, 0.1) is 11.8 Å². The lowest BCUT2D eigenvalue weighted by atomic mass is 10.0. The summed E-state index contributed by atoms with van der Waals surface area (Å²) < 4.78 is 1.88. The highest BCUT2D eigenvalue weighted by Crippen LogP contribution is 2.26. The summed E-state index contributed by atoms with van der Waals surface area (Å²) in [5, 5.41) is 15.7. The molecule has 7 nitrogen and oxygen atoms in total. The van der Waals surface area contributed by atoms with Gasteiger partial charge in [0.1, 0.15) is 0 Å². The maximum Gasteiger partial charge on any atom is 0.251 e. The summed E-state index contributed by atoms with van der Waals surface area (Å²) in [6.45, 7) is 10.3. The number of carbonyl (C=O) groups excluding carboxylic acids is 2. The van der Waals surface area contributed by atoms with Gasteiger partial charge in [0, 0.05) is 22.8 Å². The van der Waals surface area contributed by atoms with Crippen molar-refractivity contribution in [1.29, 1.82) is 0 Å². The zero-order valence-corrected chi connectivity index (χ0v) is 21.0. The van der Waals surface area contributed by atoms with E-state index >= 15 is 0 Å². The number of aromatic nitrogens is 3. The van der Waals surface area contributed by atoms with E-state index in [4.69, 9.17) is 11.6 Å². The van der Waals surface area contributed by atoms with Crippen LogP contribution in [0.1, 0.15) is 41.6 Å². The highest BCUT2D eigenvalue weighted by molar-refractivity contribution is 7.99. The number of nitrogens with zero attached hydrogens (tertiary/aromatic N) is 3. The monoisotopic (exact) mass is 497 g/mol. The molecule has 2 N–H and O–H groups in total. The van der Waals surface area contributed by atoms with Crippen molar-refractivity contribution in [2.24, 2.45) is 5.92 Å². The number of halogens is 1. The third-order valence-electron chi connectivity index (χ3n) is 5.04. The molecule has 0 unspecified atom stereocenters. The summed E-state index contributed by atoms with van der Waals surface area (Å²) in [6, 6.07) is 14.0. The van der Waals surface area contributed by atoms with Gasteiger partial charge in [-0.1, -0.05) is 67.0 Å². The minimum absolute atomic E-state index is 0.0612. The molecule has 0 saturated carbocycles. The number of allylic oxidation sites excluding steroid dienone is 1. The summed E-state index contributed by atoms with van der Waals surface area (Å²) in [5.41, 5.74) is 2.30. The van der Waals surface area contributed by atoms with Gasteiger partial charge in [-0.15, -0.1) is 16.8 Å². The molecule has 2 amide bonds. The van der Waals surface area contributed by atoms with Gasteiger partial charge in [-0.25, -0.2) is 0 Å². The molecule has 0 radical (unpaired) electrons. The molecule has 0 aliphatic carbocycles. The highest BCUT2D eigenvalue weighted by Gasteiger charge is 2.26. The molecule has 2 aromatic carbocycles. The van der Waals surface area contributed by atoms with Crippen LogP contribution in [0.15, 0.2) is 66.3 Å². The van der Waals surface area contributed by atoms with E-state index in [1.165, 1.54) is 11.8 Å². The van der Waals surface area contributed by atoms with E-state index in [-0.39, 0.29) is 29.5 Å². The van der Waals surface area contributed by atoms with Gasteiger partial charge in [0.15, 0.2) is 11.0 Å². The van der Waals surface area contributed by atoms with Gasteiger partial charge in [-0.05, 0) is 43.2 Å². The maximum absolute atomic E-state index is 12.9. The molecular formula is C25H28ClN5O2S. The molecule has 1 heterocycles. The van der Waals surface area contributed by atoms with E-state index < -0.39 is 0 Å². The second-order valence-electron chi connectivity index (χ2n) is 8.15. The summed E-state index contributed by atoms with van der Waals surface area (Å²) in [7, 11) is 0. The number of carbonyl (C=O) groups is 2. The largest absolute Gasteiger partial charge is 0.342 e. The van der Waals surface area contributed by atoms with Crippen LogP contribution < -0.4 is 10.6 Å². The third kappa shape index (κ3) is 6.71. The Hall–Kier alpha value is -3.10. The summed E-state index contributed by atoms with van der Waals surface area (Å²) in [4.78, 5) is 25.3. The van der Waals surface area contributed by atoms with Crippen LogP contribution in [-0.2, 0) is 11.3 Å². The lowest BCUT2D eigenvalue weighted by Gasteiger charge is -2.22. The minimum Gasteiger partial charge on any atom is -0.342 e. The van der Waals surface area contributed by atoms with Gasteiger partial charge in [-0.3, -0.25) is 9.59 Å². The number of nitrogens with one attached hydrogen (secondary N) is 2. The quantitative estimate of drug-likeness (QED) is 0.293. The standard InChI is InChI=1S/C25H28ClN5O2S/c1-5-13-31-23(22(16(2)3)28-24(33)18-11-9-17(4)10-12-18)29-30-25(31)34-15-21(32)27-20-8-6-7-19(26)14-20/h5-12,14,16,22H,1,13,15H2,2-4H3,(H,27,32)(H,28,33)/t22-/m0/s1. The molecule has 0 fully saturated rings. The number of aryl methyl sites for hydroxylation is 1. The van der Waals surface area contributed by atoms with Crippen LogP contribution >= 0.6 is 23.4 Å². The van der Waals surface area contributed by atoms with Crippen molar-refractivity contribution in [2.45, 2.75) is 38.5 Å². The van der Waals surface area contributed by atoms with E-state index in [9.17, 15) is 9.59 Å². The Bertz CT molecular complexity index is 1160. The summed E-state index contributed by atoms with van der Waals surface area (Å²) in [6.07, 6.45) is 1.74. The van der Waals surface area contributed by atoms with Crippen molar-refractivity contribution in [3.8, 4) is 0 Å². The molecule has 0 saturated heterocycles. The Morgan fingerprint density at radius 2 is 1.91 bits per heavy atom. The molecule has 0 aliphatic heterocycles. The number of hydrogen-bond acceptors (Lipinski definition) is 5. The number of amides is 2. The zero-order chi connectivity index (χ0) is 24.7. The van der Waals surface area contributed by atoms with Gasteiger partial charge >= 0.3 is 0 Å². The fourth-order valence-corrected chi connectivity index (χ4v) is 4.23. The summed E-state index contributed by atoms with van der Waals surface area (Å²) >= 11 is 7.25. The van der Waals surface area contributed by atoms with Crippen LogP contribution in [0.3, 0.4) is 0 Å². The predicted molar refractivity (Wildman–Crippen MR) is 137 cm³/mol. The molecule has 0 spiro atoms. The first-order chi connectivity index (χ1) is 16.3. The topological polar surface area (TPSA) is 88.9 Å². The Labute approximate surface area is 209 Å². The van der Waals surface area contributed by atoms with Crippen LogP contribution in [0.2, 0.25) is 5.02 Å². The molecule has 0 aliphatic rings. The van der Waals surface area contributed by atoms with E-state index in [2.05, 4.69) is 27.4 Å². The number of anilines is 1. The fraction of sp³-hybridized carbons (Fsp3) is 0.280. The fourth-order valence-electron chi connectivity index (χ4n) is 3.29. The molecule has 0 bridgehead atoms. The lowest BCUT2D eigenvalue weighted by molar-refractivity contribution is -0.113.